The van der Waals surface area contributed by atoms with Crippen LogP contribution in [0.1, 0.15) is 30.5 Å². The van der Waals surface area contributed by atoms with E-state index in [1.807, 2.05) is 38.1 Å². The van der Waals surface area contributed by atoms with Crippen LogP contribution in [0, 0.1) is 6.92 Å². The molecule has 0 saturated carbocycles. The predicted octanol–water partition coefficient (Wildman–Crippen LogP) is 4.22. The molecule has 166 valence electrons. The number of carbonyl (C=O) groups excluding carboxylic acids is 1. The SMILES string of the molecule is CC[C@H](NC(=O)[C@H]1CN(S(=O)(=O)c2ccccc2)c2ccccc2O1)c1ccc(C)cc1. The third kappa shape index (κ3) is 4.34. The molecule has 1 amide bonds. The third-order valence-corrected chi connectivity index (χ3v) is 7.36. The maximum Gasteiger partial charge on any atom is 0.264 e. The molecule has 0 bridgehead atoms. The van der Waals surface area contributed by atoms with Crippen molar-refractivity contribution in [3.8, 4) is 5.75 Å². The second-order valence-electron chi connectivity index (χ2n) is 7.80. The molecule has 7 heteroatoms. The molecule has 0 aromatic heterocycles. The van der Waals surface area contributed by atoms with Crippen molar-refractivity contribution in [2.45, 2.75) is 37.3 Å². The Kier molecular flexibility index (Phi) is 6.19. The van der Waals surface area contributed by atoms with Crippen LogP contribution in [-0.4, -0.2) is 27.0 Å². The minimum atomic E-state index is -3.86. The lowest BCUT2D eigenvalue weighted by Crippen LogP contribution is -2.51. The fraction of sp³-hybridized carbons (Fsp3) is 0.240. The summed E-state index contributed by atoms with van der Waals surface area (Å²) in [5.74, 6) is 0.0157. The van der Waals surface area contributed by atoms with Gasteiger partial charge in [-0.1, -0.05) is 67.1 Å². The highest BCUT2D eigenvalue weighted by atomic mass is 32.2. The van der Waals surface area contributed by atoms with Crippen LogP contribution in [0.2, 0.25) is 0 Å². The molecule has 3 aromatic carbocycles. The summed E-state index contributed by atoms with van der Waals surface area (Å²) in [5, 5.41) is 3.03. The van der Waals surface area contributed by atoms with Crippen molar-refractivity contribution >= 4 is 21.6 Å². The molecule has 1 aliphatic heterocycles. The number of aryl methyl sites for hydroxylation is 1. The van der Waals surface area contributed by atoms with Gasteiger partial charge in [0.25, 0.3) is 15.9 Å². The smallest absolute Gasteiger partial charge is 0.264 e. The summed E-state index contributed by atoms with van der Waals surface area (Å²) in [7, 11) is -3.86. The molecule has 1 aliphatic rings. The number of hydrogen-bond acceptors (Lipinski definition) is 4. The van der Waals surface area contributed by atoms with Gasteiger partial charge in [-0.2, -0.15) is 0 Å². The number of ether oxygens (including phenoxy) is 1. The van der Waals surface area contributed by atoms with Crippen molar-refractivity contribution in [2.75, 3.05) is 10.8 Å². The van der Waals surface area contributed by atoms with Crippen molar-refractivity contribution < 1.29 is 17.9 Å². The fourth-order valence-corrected chi connectivity index (χ4v) is 5.27. The van der Waals surface area contributed by atoms with Crippen LogP contribution >= 0.6 is 0 Å². The number of sulfonamides is 1. The standard InChI is InChI=1S/C25H26N2O4S/c1-3-21(19-15-13-18(2)14-16-19)26-25(28)24-17-27(22-11-7-8-12-23(22)31-24)32(29,30)20-9-5-4-6-10-20/h4-16,21,24H,3,17H2,1-2H3,(H,26,28)/t21-,24+/m0/s1. The molecule has 3 aromatic rings. The highest BCUT2D eigenvalue weighted by Crippen LogP contribution is 2.37. The number of carbonyl (C=O) groups is 1. The van der Waals surface area contributed by atoms with E-state index >= 15 is 0 Å². The molecule has 1 N–H and O–H groups in total. The maximum absolute atomic E-state index is 13.4. The van der Waals surface area contributed by atoms with E-state index in [2.05, 4.69) is 5.32 Å². The molecule has 0 aliphatic carbocycles. The molecule has 0 fully saturated rings. The molecular formula is C25H26N2O4S. The number of nitrogens with one attached hydrogen (secondary N) is 1. The minimum absolute atomic E-state index is 0.107. The van der Waals surface area contributed by atoms with Gasteiger partial charge < -0.3 is 10.1 Å². The van der Waals surface area contributed by atoms with Crippen LogP contribution < -0.4 is 14.4 Å². The number of rotatable bonds is 6. The summed E-state index contributed by atoms with van der Waals surface area (Å²) in [6.45, 7) is 3.90. The van der Waals surface area contributed by atoms with E-state index in [0.717, 1.165) is 11.1 Å². The van der Waals surface area contributed by atoms with Crippen LogP contribution in [0.15, 0.2) is 83.8 Å². The average molecular weight is 451 g/mol. The van der Waals surface area contributed by atoms with Gasteiger partial charge in [-0.25, -0.2) is 8.42 Å². The lowest BCUT2D eigenvalue weighted by Gasteiger charge is -2.35. The lowest BCUT2D eigenvalue weighted by molar-refractivity contribution is -0.128. The first-order valence-corrected chi connectivity index (χ1v) is 12.0. The summed E-state index contributed by atoms with van der Waals surface area (Å²) < 4.78 is 34.0. The molecule has 0 saturated heterocycles. The van der Waals surface area contributed by atoms with Crippen molar-refractivity contribution in [3.05, 3.63) is 90.0 Å². The zero-order chi connectivity index (χ0) is 22.7. The van der Waals surface area contributed by atoms with Gasteiger partial charge in [0, 0.05) is 0 Å². The normalized spacial score (nSPS) is 16.6. The highest BCUT2D eigenvalue weighted by molar-refractivity contribution is 7.92. The monoisotopic (exact) mass is 450 g/mol. The quantitative estimate of drug-likeness (QED) is 0.610. The van der Waals surface area contributed by atoms with E-state index in [0.29, 0.717) is 17.9 Å². The van der Waals surface area contributed by atoms with Gasteiger partial charge in [0.15, 0.2) is 6.10 Å². The Morgan fingerprint density at radius 3 is 2.38 bits per heavy atom. The Morgan fingerprint density at radius 2 is 1.69 bits per heavy atom. The zero-order valence-electron chi connectivity index (χ0n) is 18.1. The average Bonchev–Trinajstić information content (AvgIpc) is 2.82. The number of amides is 1. The fourth-order valence-electron chi connectivity index (χ4n) is 3.77. The topological polar surface area (TPSA) is 75.7 Å². The molecule has 1 heterocycles. The number of hydrogen-bond donors (Lipinski definition) is 1. The molecule has 0 spiro atoms. The van der Waals surface area contributed by atoms with Crippen molar-refractivity contribution in [3.63, 3.8) is 0 Å². The lowest BCUT2D eigenvalue weighted by atomic mass is 10.0. The van der Waals surface area contributed by atoms with Gasteiger partial charge in [0.1, 0.15) is 5.75 Å². The van der Waals surface area contributed by atoms with Gasteiger partial charge >= 0.3 is 0 Å². The van der Waals surface area contributed by atoms with Crippen molar-refractivity contribution in [2.24, 2.45) is 0 Å². The van der Waals surface area contributed by atoms with Crippen LogP contribution in [-0.2, 0) is 14.8 Å². The number of anilines is 1. The summed E-state index contributed by atoms with van der Waals surface area (Å²) in [5.41, 5.74) is 2.56. The van der Waals surface area contributed by atoms with Crippen LogP contribution in [0.5, 0.6) is 5.75 Å². The summed E-state index contributed by atoms with van der Waals surface area (Å²) in [6.07, 6.45) is -0.271. The van der Waals surface area contributed by atoms with Gasteiger partial charge in [0.05, 0.1) is 23.2 Å². The molecule has 0 unspecified atom stereocenters. The van der Waals surface area contributed by atoms with Gasteiger partial charge in [-0.05, 0) is 43.2 Å². The van der Waals surface area contributed by atoms with Crippen molar-refractivity contribution in [1.29, 1.82) is 0 Å². The Morgan fingerprint density at radius 1 is 1.03 bits per heavy atom. The van der Waals surface area contributed by atoms with E-state index in [4.69, 9.17) is 4.74 Å². The highest BCUT2D eigenvalue weighted by Gasteiger charge is 2.37. The first kappa shape index (κ1) is 21.9. The van der Waals surface area contributed by atoms with Crippen LogP contribution in [0.4, 0.5) is 5.69 Å². The van der Waals surface area contributed by atoms with E-state index in [1.165, 1.54) is 4.31 Å². The Balaban J connectivity index is 1.62. The first-order valence-electron chi connectivity index (χ1n) is 10.6. The van der Waals surface area contributed by atoms with E-state index in [1.54, 1.807) is 54.6 Å². The molecule has 6 nitrogen and oxygen atoms in total. The molecule has 2 atom stereocenters. The zero-order valence-corrected chi connectivity index (χ0v) is 18.9. The summed E-state index contributed by atoms with van der Waals surface area (Å²) in [4.78, 5) is 13.3. The van der Waals surface area contributed by atoms with Crippen LogP contribution in [0.3, 0.4) is 0 Å². The largest absolute Gasteiger partial charge is 0.476 e. The van der Waals surface area contributed by atoms with Crippen LogP contribution in [0.25, 0.3) is 0 Å². The molecule has 4 rings (SSSR count). The predicted molar refractivity (Wildman–Crippen MR) is 124 cm³/mol. The Hall–Kier alpha value is -3.32. The number of nitrogens with zero attached hydrogens (tertiary/aromatic N) is 1. The second kappa shape index (κ2) is 9.04. The summed E-state index contributed by atoms with van der Waals surface area (Å²) in [6, 6.07) is 22.9. The Labute approximate surface area is 188 Å². The van der Waals surface area contributed by atoms with E-state index in [-0.39, 0.29) is 23.4 Å². The second-order valence-corrected chi connectivity index (χ2v) is 9.67. The number of benzene rings is 3. The minimum Gasteiger partial charge on any atom is -0.476 e. The number of fused-ring (bicyclic) bond motifs is 1. The molecular weight excluding hydrogens is 424 g/mol. The van der Waals surface area contributed by atoms with E-state index < -0.39 is 16.1 Å². The summed E-state index contributed by atoms with van der Waals surface area (Å²) >= 11 is 0. The number of para-hydroxylation sites is 2. The third-order valence-electron chi connectivity index (χ3n) is 5.56. The van der Waals surface area contributed by atoms with Gasteiger partial charge in [0.2, 0.25) is 0 Å². The van der Waals surface area contributed by atoms with Crippen molar-refractivity contribution in [1.82, 2.24) is 5.32 Å². The molecule has 0 radical (unpaired) electrons. The Bertz CT molecular complexity index is 1190. The maximum atomic E-state index is 13.4. The van der Waals surface area contributed by atoms with Gasteiger partial charge in [-0.15, -0.1) is 0 Å². The van der Waals surface area contributed by atoms with E-state index in [9.17, 15) is 13.2 Å². The molecule has 32 heavy (non-hydrogen) atoms. The first-order chi connectivity index (χ1) is 15.4. The van der Waals surface area contributed by atoms with Gasteiger partial charge in [-0.3, -0.25) is 9.10 Å².